The Morgan fingerprint density at radius 3 is 2.22 bits per heavy atom. The first-order chi connectivity index (χ1) is 4.09. The van der Waals surface area contributed by atoms with Crippen LogP contribution in [0.1, 0.15) is 6.92 Å². The first-order valence-corrected chi connectivity index (χ1v) is 3.28. The molecule has 0 bridgehead atoms. The van der Waals surface area contributed by atoms with E-state index < -0.39 is 5.97 Å². The molecule has 0 spiro atoms. The highest BCUT2D eigenvalue weighted by Gasteiger charge is 2.00. The molecule has 2 N–H and O–H groups in total. The lowest BCUT2D eigenvalue weighted by molar-refractivity contribution is 0.802. The van der Waals surface area contributed by atoms with E-state index in [1.807, 2.05) is 0 Å². The minimum atomic E-state index is -0.975. The van der Waals surface area contributed by atoms with Gasteiger partial charge in [0.25, 0.3) is 0 Å². The van der Waals surface area contributed by atoms with Crippen molar-refractivity contribution in [3.63, 3.8) is 0 Å². The Morgan fingerprint density at radius 2 is 2.11 bits per heavy atom. The van der Waals surface area contributed by atoms with Crippen LogP contribution in [0.4, 0.5) is 4.39 Å². The molecule has 0 radical (unpaired) electrons. The summed E-state index contributed by atoms with van der Waals surface area (Å²) in [6.45, 7) is 1.59. The zero-order valence-corrected chi connectivity index (χ0v) is 6.99. The molecule has 4 heteroatoms. The third kappa shape index (κ3) is 2.69. The van der Waals surface area contributed by atoms with Gasteiger partial charge in [0.1, 0.15) is 0 Å². The van der Waals surface area contributed by atoms with Crippen molar-refractivity contribution in [3.05, 3.63) is 9.15 Å². The summed E-state index contributed by atoms with van der Waals surface area (Å²) in [6, 6.07) is 0. The van der Waals surface area contributed by atoms with Gasteiger partial charge in [-0.15, -0.1) is 0 Å². The molecular formula is C5H6FIN2. The fourth-order valence-electron chi connectivity index (χ4n) is 0.236. The van der Waals surface area contributed by atoms with Crippen molar-refractivity contribution >= 4 is 34.8 Å². The number of allylic oxidation sites excluding steroid dienone is 2. The van der Waals surface area contributed by atoms with Crippen LogP contribution in [0.15, 0.2) is 9.15 Å². The van der Waals surface area contributed by atoms with E-state index in [2.05, 4.69) is 0 Å². The summed E-state index contributed by atoms with van der Waals surface area (Å²) in [7, 11) is 0. The lowest BCUT2D eigenvalue weighted by Crippen LogP contribution is -1.89. The normalized spacial score (nSPS) is 12.3. The van der Waals surface area contributed by atoms with E-state index >= 15 is 0 Å². The van der Waals surface area contributed by atoms with Gasteiger partial charge in [-0.25, -0.2) is 0 Å². The number of hydrogen-bond acceptors (Lipinski definition) is 2. The van der Waals surface area contributed by atoms with E-state index in [4.69, 9.17) is 10.8 Å². The van der Waals surface area contributed by atoms with Crippen molar-refractivity contribution in [2.45, 2.75) is 6.92 Å². The Morgan fingerprint density at radius 1 is 1.67 bits per heavy atom. The Balaban J connectivity index is 4.47. The Bertz CT molecular complexity index is 174. The van der Waals surface area contributed by atoms with Crippen molar-refractivity contribution < 1.29 is 4.39 Å². The highest BCUT2D eigenvalue weighted by atomic mass is 127. The first kappa shape index (κ1) is 8.74. The molecule has 0 aliphatic heterocycles. The van der Waals surface area contributed by atoms with Gasteiger partial charge >= 0.3 is 0 Å². The van der Waals surface area contributed by atoms with Crippen LogP contribution in [-0.2, 0) is 0 Å². The van der Waals surface area contributed by atoms with Gasteiger partial charge in [-0.05, 0) is 35.1 Å². The smallest absolute Gasteiger partial charge is 0.219 e. The highest BCUT2D eigenvalue weighted by molar-refractivity contribution is 14.1. The van der Waals surface area contributed by atoms with Gasteiger partial charge in [-0.2, -0.15) is 4.39 Å². The van der Waals surface area contributed by atoms with E-state index in [0.29, 0.717) is 5.57 Å². The predicted molar refractivity (Wildman–Crippen MR) is 44.3 cm³/mol. The van der Waals surface area contributed by atoms with E-state index in [1.165, 1.54) is 0 Å². The van der Waals surface area contributed by atoms with Crippen molar-refractivity contribution in [1.29, 1.82) is 10.8 Å². The number of hydrogen-bond donors (Lipinski definition) is 2. The third-order valence-corrected chi connectivity index (χ3v) is 2.08. The van der Waals surface area contributed by atoms with E-state index in [9.17, 15) is 4.39 Å². The summed E-state index contributed by atoms with van der Waals surface area (Å²) in [5.41, 5.74) is 0.475. The van der Waals surface area contributed by atoms with Gasteiger partial charge in [0, 0.05) is 6.21 Å². The second-order valence-electron chi connectivity index (χ2n) is 1.46. The Kier molecular flexibility index (Phi) is 3.60. The van der Waals surface area contributed by atoms with Gasteiger partial charge < -0.3 is 5.41 Å². The van der Waals surface area contributed by atoms with E-state index in [0.717, 1.165) is 6.21 Å². The summed E-state index contributed by atoms with van der Waals surface area (Å²) in [6.07, 6.45) is 1.02. The van der Waals surface area contributed by atoms with Crippen molar-refractivity contribution in [2.75, 3.05) is 0 Å². The average molecular weight is 240 g/mol. The van der Waals surface area contributed by atoms with Crippen molar-refractivity contribution in [1.82, 2.24) is 0 Å². The largest absolute Gasteiger partial charge is 0.308 e. The van der Waals surface area contributed by atoms with Crippen LogP contribution in [0.5, 0.6) is 0 Å². The molecule has 0 aliphatic carbocycles. The molecule has 2 nitrogen and oxygen atoms in total. The molecule has 0 aromatic heterocycles. The molecule has 0 aromatic carbocycles. The fourth-order valence-corrected chi connectivity index (χ4v) is 0.392. The second kappa shape index (κ2) is 3.71. The van der Waals surface area contributed by atoms with Crippen molar-refractivity contribution in [3.8, 4) is 0 Å². The number of nitrogens with one attached hydrogen (secondary N) is 2. The molecule has 0 fully saturated rings. The molecule has 0 saturated carbocycles. The highest BCUT2D eigenvalue weighted by Crippen LogP contribution is 2.12. The molecule has 9 heavy (non-hydrogen) atoms. The topological polar surface area (TPSA) is 47.7 Å². The summed E-state index contributed by atoms with van der Waals surface area (Å²) in [4.78, 5) is 0. The quantitative estimate of drug-likeness (QED) is 0.549. The second-order valence-corrected chi connectivity index (χ2v) is 2.53. The summed E-state index contributed by atoms with van der Waals surface area (Å²) >= 11 is 1.69. The Hall–Kier alpha value is -0.260. The monoisotopic (exact) mass is 240 g/mol. The SMILES string of the molecule is C/C(C=N)=C(\I)C(=N)F. The predicted octanol–water partition coefficient (Wildman–Crippen LogP) is 2.29. The minimum Gasteiger partial charge on any atom is -0.308 e. The molecule has 0 aromatic rings. The molecule has 0 rings (SSSR count). The summed E-state index contributed by atoms with van der Waals surface area (Å²) in [5, 5.41) is 13.2. The van der Waals surface area contributed by atoms with Gasteiger partial charge in [-0.3, -0.25) is 5.41 Å². The van der Waals surface area contributed by atoms with Crippen LogP contribution in [0, 0.1) is 10.8 Å². The van der Waals surface area contributed by atoms with Gasteiger partial charge in [0.05, 0.1) is 3.58 Å². The average Bonchev–Trinajstić information content (AvgIpc) is 1.84. The lowest BCUT2D eigenvalue weighted by Gasteiger charge is -1.92. The minimum absolute atomic E-state index is 0.197. The molecule has 50 valence electrons. The maximum Gasteiger partial charge on any atom is 0.219 e. The van der Waals surface area contributed by atoms with Crippen LogP contribution in [0.25, 0.3) is 0 Å². The summed E-state index contributed by atoms with van der Waals surface area (Å²) < 4.78 is 12.1. The Labute approximate surface area is 66.3 Å². The fraction of sp³-hybridized carbons (Fsp3) is 0.200. The van der Waals surface area contributed by atoms with Crippen LogP contribution in [-0.4, -0.2) is 12.2 Å². The van der Waals surface area contributed by atoms with Crippen LogP contribution in [0.2, 0.25) is 0 Å². The van der Waals surface area contributed by atoms with Gasteiger partial charge in [-0.1, -0.05) is 0 Å². The molecule has 0 unspecified atom stereocenters. The zero-order chi connectivity index (χ0) is 7.44. The van der Waals surface area contributed by atoms with Crippen LogP contribution >= 0.6 is 22.6 Å². The van der Waals surface area contributed by atoms with Gasteiger partial charge in [0.2, 0.25) is 5.97 Å². The van der Waals surface area contributed by atoms with E-state index in [1.54, 1.807) is 29.5 Å². The van der Waals surface area contributed by atoms with Crippen LogP contribution < -0.4 is 0 Å². The molecular weight excluding hydrogens is 234 g/mol. The van der Waals surface area contributed by atoms with Crippen molar-refractivity contribution in [2.24, 2.45) is 0 Å². The number of rotatable bonds is 2. The van der Waals surface area contributed by atoms with Crippen LogP contribution in [0.3, 0.4) is 0 Å². The molecule has 0 atom stereocenters. The molecule has 0 amide bonds. The van der Waals surface area contributed by atoms with E-state index in [-0.39, 0.29) is 3.58 Å². The summed E-state index contributed by atoms with van der Waals surface area (Å²) in [5.74, 6) is -0.975. The maximum atomic E-state index is 11.9. The lowest BCUT2D eigenvalue weighted by atomic mass is 10.3. The number of halogens is 2. The maximum absolute atomic E-state index is 11.9. The van der Waals surface area contributed by atoms with Gasteiger partial charge in [0.15, 0.2) is 0 Å². The zero-order valence-electron chi connectivity index (χ0n) is 4.83. The standard InChI is InChI=1S/C5H6FIN2/c1-3(2-8)4(7)5(6)9/h2,8-9H,1H3/b4-3+,8-2?,9-5?. The molecule has 0 heterocycles. The molecule has 0 aliphatic rings. The first-order valence-electron chi connectivity index (χ1n) is 2.21. The third-order valence-electron chi connectivity index (χ3n) is 0.755. The molecule has 0 saturated heterocycles.